The summed E-state index contributed by atoms with van der Waals surface area (Å²) >= 11 is 6.04. The molecule has 110 valence electrons. The minimum Gasteiger partial charge on any atom is -0.323 e. The summed E-state index contributed by atoms with van der Waals surface area (Å²) in [5.74, 6) is 0.0607. The molecule has 3 rings (SSSR count). The molecule has 0 aliphatic heterocycles. The third kappa shape index (κ3) is 2.80. The molecule has 1 saturated carbocycles. The maximum Gasteiger partial charge on any atom is 0.244 e. The van der Waals surface area contributed by atoms with E-state index in [2.05, 4.69) is 10.4 Å². The zero-order valence-electron chi connectivity index (χ0n) is 11.7. The lowest BCUT2D eigenvalue weighted by Gasteiger charge is -2.24. The number of carbonyl (C=O) groups is 1. The number of nitrogens with two attached hydrogens (primary N) is 1. The molecule has 0 saturated heterocycles. The molecular weight excluding hydrogens is 288 g/mol. The zero-order chi connectivity index (χ0) is 15.0. The molecule has 0 radical (unpaired) electrons. The second-order valence-electron chi connectivity index (χ2n) is 5.62. The predicted molar refractivity (Wildman–Crippen MR) is 82.5 cm³/mol. The van der Waals surface area contributed by atoms with E-state index in [9.17, 15) is 4.79 Å². The molecule has 0 bridgehead atoms. The summed E-state index contributed by atoms with van der Waals surface area (Å²) in [6.07, 6.45) is 5.49. The molecule has 1 atom stereocenters. The van der Waals surface area contributed by atoms with Crippen LogP contribution in [0.2, 0.25) is 5.02 Å². The fraction of sp³-hybridized carbons (Fsp3) is 0.333. The first-order valence-electron chi connectivity index (χ1n) is 6.88. The fourth-order valence-electron chi connectivity index (χ4n) is 2.34. The van der Waals surface area contributed by atoms with E-state index in [1.165, 1.54) is 0 Å². The SMILES string of the molecule is CC(N)(C(=O)Nc1cc(Cl)ccc1-n1cccn1)C1CC1. The van der Waals surface area contributed by atoms with Crippen molar-refractivity contribution in [1.29, 1.82) is 0 Å². The van der Waals surface area contributed by atoms with E-state index in [0.29, 0.717) is 10.7 Å². The van der Waals surface area contributed by atoms with Gasteiger partial charge in [0, 0.05) is 17.4 Å². The second kappa shape index (κ2) is 5.16. The van der Waals surface area contributed by atoms with Crippen molar-refractivity contribution in [2.75, 3.05) is 5.32 Å². The average Bonchev–Trinajstić information content (AvgIpc) is 3.17. The first-order valence-corrected chi connectivity index (χ1v) is 7.26. The molecule has 1 aliphatic carbocycles. The predicted octanol–water partition coefficient (Wildman–Crippen LogP) is 2.59. The van der Waals surface area contributed by atoms with Crippen LogP contribution in [-0.2, 0) is 4.79 Å². The van der Waals surface area contributed by atoms with Crippen LogP contribution in [0, 0.1) is 5.92 Å². The Labute approximate surface area is 128 Å². The summed E-state index contributed by atoms with van der Waals surface area (Å²) < 4.78 is 1.68. The number of hydrogen-bond donors (Lipinski definition) is 2. The van der Waals surface area contributed by atoms with E-state index in [1.807, 2.05) is 12.1 Å². The van der Waals surface area contributed by atoms with E-state index in [0.717, 1.165) is 18.5 Å². The molecule has 1 unspecified atom stereocenters. The molecule has 1 aliphatic rings. The van der Waals surface area contributed by atoms with Gasteiger partial charge in [-0.05, 0) is 49.9 Å². The Bertz CT molecular complexity index is 662. The first kappa shape index (κ1) is 14.1. The lowest BCUT2D eigenvalue weighted by atomic mass is 9.96. The Morgan fingerprint density at radius 2 is 2.29 bits per heavy atom. The number of aromatic nitrogens is 2. The molecule has 3 N–H and O–H groups in total. The van der Waals surface area contributed by atoms with Gasteiger partial charge in [-0.15, -0.1) is 0 Å². The second-order valence-corrected chi connectivity index (χ2v) is 6.06. The van der Waals surface area contributed by atoms with Gasteiger partial charge in [0.2, 0.25) is 5.91 Å². The van der Waals surface area contributed by atoms with Crippen molar-refractivity contribution < 1.29 is 4.79 Å². The molecule has 6 heteroatoms. The van der Waals surface area contributed by atoms with Crippen molar-refractivity contribution in [3.63, 3.8) is 0 Å². The number of rotatable bonds is 4. The van der Waals surface area contributed by atoms with Crippen LogP contribution in [0.3, 0.4) is 0 Å². The Balaban J connectivity index is 1.91. The van der Waals surface area contributed by atoms with E-state index >= 15 is 0 Å². The number of nitrogens with one attached hydrogen (secondary N) is 1. The van der Waals surface area contributed by atoms with Crippen LogP contribution in [0.4, 0.5) is 5.69 Å². The monoisotopic (exact) mass is 304 g/mol. The van der Waals surface area contributed by atoms with Crippen molar-refractivity contribution >= 4 is 23.2 Å². The largest absolute Gasteiger partial charge is 0.323 e. The van der Waals surface area contributed by atoms with Crippen molar-refractivity contribution in [3.05, 3.63) is 41.7 Å². The third-order valence-electron chi connectivity index (χ3n) is 3.87. The van der Waals surface area contributed by atoms with Crippen LogP contribution in [0.25, 0.3) is 5.69 Å². The molecular formula is C15H17ClN4O. The van der Waals surface area contributed by atoms with Gasteiger partial charge in [-0.3, -0.25) is 4.79 Å². The van der Waals surface area contributed by atoms with Crippen LogP contribution in [0.15, 0.2) is 36.7 Å². The molecule has 0 spiro atoms. The number of hydrogen-bond acceptors (Lipinski definition) is 3. The standard InChI is InChI=1S/C15H17ClN4O/c1-15(17,10-3-4-10)14(21)19-12-9-11(16)5-6-13(12)20-8-2-7-18-20/h2,5-10H,3-4,17H2,1H3,(H,19,21). The average molecular weight is 305 g/mol. The number of amides is 1. The highest BCUT2D eigenvalue weighted by Crippen LogP contribution is 2.39. The number of anilines is 1. The number of benzene rings is 1. The zero-order valence-corrected chi connectivity index (χ0v) is 12.5. The van der Waals surface area contributed by atoms with E-state index in [4.69, 9.17) is 17.3 Å². The molecule has 21 heavy (non-hydrogen) atoms. The van der Waals surface area contributed by atoms with Crippen LogP contribution in [0.1, 0.15) is 19.8 Å². The summed E-state index contributed by atoms with van der Waals surface area (Å²) in [4.78, 5) is 12.4. The van der Waals surface area contributed by atoms with Crippen LogP contribution in [0.5, 0.6) is 0 Å². The van der Waals surface area contributed by atoms with Gasteiger partial charge in [0.05, 0.1) is 16.9 Å². The highest BCUT2D eigenvalue weighted by atomic mass is 35.5. The fourth-order valence-corrected chi connectivity index (χ4v) is 2.52. The van der Waals surface area contributed by atoms with Crippen molar-refractivity contribution in [2.45, 2.75) is 25.3 Å². The first-order chi connectivity index (χ1) is 9.98. The Kier molecular flexibility index (Phi) is 3.47. The highest BCUT2D eigenvalue weighted by Gasteiger charge is 2.44. The summed E-state index contributed by atoms with van der Waals surface area (Å²) in [6, 6.07) is 7.10. The Morgan fingerprint density at radius 3 is 2.90 bits per heavy atom. The van der Waals surface area contributed by atoms with Crippen molar-refractivity contribution in [3.8, 4) is 5.69 Å². The van der Waals surface area contributed by atoms with E-state index in [-0.39, 0.29) is 11.8 Å². The van der Waals surface area contributed by atoms with Crippen LogP contribution >= 0.6 is 11.6 Å². The lowest BCUT2D eigenvalue weighted by Crippen LogP contribution is -2.50. The molecule has 1 aromatic carbocycles. The number of nitrogens with zero attached hydrogens (tertiary/aromatic N) is 2. The van der Waals surface area contributed by atoms with Gasteiger partial charge in [0.1, 0.15) is 0 Å². The molecule has 1 aromatic heterocycles. The van der Waals surface area contributed by atoms with Gasteiger partial charge in [-0.2, -0.15) is 5.10 Å². The quantitative estimate of drug-likeness (QED) is 0.912. The summed E-state index contributed by atoms with van der Waals surface area (Å²) in [5, 5.41) is 7.62. The minimum atomic E-state index is -0.857. The Morgan fingerprint density at radius 1 is 1.52 bits per heavy atom. The highest BCUT2D eigenvalue weighted by molar-refractivity contribution is 6.31. The van der Waals surface area contributed by atoms with E-state index < -0.39 is 5.54 Å². The number of carbonyl (C=O) groups excluding carboxylic acids is 1. The molecule has 5 nitrogen and oxygen atoms in total. The maximum atomic E-state index is 12.4. The molecule has 1 heterocycles. The van der Waals surface area contributed by atoms with Gasteiger partial charge in [0.15, 0.2) is 0 Å². The molecule has 1 fully saturated rings. The topological polar surface area (TPSA) is 72.9 Å². The third-order valence-corrected chi connectivity index (χ3v) is 4.11. The van der Waals surface area contributed by atoms with Gasteiger partial charge in [-0.1, -0.05) is 11.6 Å². The van der Waals surface area contributed by atoms with Crippen LogP contribution < -0.4 is 11.1 Å². The van der Waals surface area contributed by atoms with Gasteiger partial charge in [0.25, 0.3) is 0 Å². The summed E-state index contributed by atoms with van der Waals surface area (Å²) in [6.45, 7) is 1.78. The minimum absolute atomic E-state index is 0.194. The smallest absolute Gasteiger partial charge is 0.244 e. The normalized spacial score (nSPS) is 17.3. The summed E-state index contributed by atoms with van der Waals surface area (Å²) in [5.41, 5.74) is 6.65. The van der Waals surface area contributed by atoms with Gasteiger partial charge >= 0.3 is 0 Å². The molecule has 2 aromatic rings. The van der Waals surface area contributed by atoms with Gasteiger partial charge < -0.3 is 11.1 Å². The van der Waals surface area contributed by atoms with Gasteiger partial charge in [-0.25, -0.2) is 4.68 Å². The van der Waals surface area contributed by atoms with Crippen LogP contribution in [-0.4, -0.2) is 21.2 Å². The lowest BCUT2D eigenvalue weighted by molar-refractivity contribution is -0.121. The Hall–Kier alpha value is -1.85. The summed E-state index contributed by atoms with van der Waals surface area (Å²) in [7, 11) is 0. The molecule has 1 amide bonds. The van der Waals surface area contributed by atoms with E-state index in [1.54, 1.807) is 36.1 Å². The maximum absolute atomic E-state index is 12.4. The van der Waals surface area contributed by atoms with Crippen molar-refractivity contribution in [2.24, 2.45) is 11.7 Å². The number of halogens is 1. The van der Waals surface area contributed by atoms with Crippen molar-refractivity contribution in [1.82, 2.24) is 9.78 Å².